The molecule has 1 atom stereocenters. The molecule has 1 heterocycles. The SMILES string of the molecule is CC(NCC1CCN(CCO)CC1)c1ccc(C(F)(F)F)cc1. The number of hydrogen-bond acceptors (Lipinski definition) is 3. The van der Waals surface area contributed by atoms with E-state index in [9.17, 15) is 13.2 Å². The van der Waals surface area contributed by atoms with Gasteiger partial charge in [-0.25, -0.2) is 0 Å². The minimum atomic E-state index is -4.28. The molecule has 1 fully saturated rings. The first-order valence-corrected chi connectivity index (χ1v) is 8.14. The predicted molar refractivity (Wildman–Crippen MR) is 84.1 cm³/mol. The van der Waals surface area contributed by atoms with E-state index in [1.54, 1.807) is 12.1 Å². The van der Waals surface area contributed by atoms with Gasteiger partial charge in [0.1, 0.15) is 0 Å². The molecule has 1 saturated heterocycles. The molecular weight excluding hydrogens is 305 g/mol. The van der Waals surface area contributed by atoms with Crippen LogP contribution >= 0.6 is 0 Å². The molecule has 0 aromatic heterocycles. The maximum Gasteiger partial charge on any atom is 0.416 e. The van der Waals surface area contributed by atoms with Gasteiger partial charge in [0.05, 0.1) is 12.2 Å². The first-order chi connectivity index (χ1) is 10.9. The lowest BCUT2D eigenvalue weighted by Crippen LogP contribution is -2.39. The summed E-state index contributed by atoms with van der Waals surface area (Å²) in [6.07, 6.45) is -2.10. The van der Waals surface area contributed by atoms with Crippen molar-refractivity contribution in [2.75, 3.05) is 32.8 Å². The Labute approximate surface area is 135 Å². The number of alkyl halides is 3. The number of benzene rings is 1. The van der Waals surface area contributed by atoms with Gasteiger partial charge in [0, 0.05) is 12.6 Å². The van der Waals surface area contributed by atoms with Crippen molar-refractivity contribution in [1.82, 2.24) is 10.2 Å². The number of halogens is 3. The number of nitrogens with zero attached hydrogens (tertiary/aromatic N) is 1. The molecule has 3 nitrogen and oxygen atoms in total. The fourth-order valence-corrected chi connectivity index (χ4v) is 2.98. The summed E-state index contributed by atoms with van der Waals surface area (Å²) in [5, 5.41) is 12.4. The Balaban J connectivity index is 1.78. The minimum absolute atomic E-state index is 0.0350. The topological polar surface area (TPSA) is 35.5 Å². The molecule has 130 valence electrons. The fourth-order valence-electron chi connectivity index (χ4n) is 2.98. The zero-order valence-electron chi connectivity index (χ0n) is 13.4. The summed E-state index contributed by atoms with van der Waals surface area (Å²) in [7, 11) is 0. The minimum Gasteiger partial charge on any atom is -0.395 e. The molecule has 0 saturated carbocycles. The van der Waals surface area contributed by atoms with Crippen molar-refractivity contribution < 1.29 is 18.3 Å². The van der Waals surface area contributed by atoms with Crippen molar-refractivity contribution >= 4 is 0 Å². The lowest BCUT2D eigenvalue weighted by molar-refractivity contribution is -0.137. The highest BCUT2D eigenvalue weighted by Gasteiger charge is 2.30. The predicted octanol–water partition coefficient (Wildman–Crippen LogP) is 3.06. The molecule has 0 spiro atoms. The van der Waals surface area contributed by atoms with Crippen LogP contribution in [0.4, 0.5) is 13.2 Å². The van der Waals surface area contributed by atoms with Gasteiger partial charge in [-0.3, -0.25) is 0 Å². The summed E-state index contributed by atoms with van der Waals surface area (Å²) in [6.45, 7) is 5.79. The number of likely N-dealkylation sites (tertiary alicyclic amines) is 1. The molecule has 23 heavy (non-hydrogen) atoms. The molecular formula is C17H25F3N2O. The van der Waals surface area contributed by atoms with Gasteiger partial charge < -0.3 is 15.3 Å². The van der Waals surface area contributed by atoms with Crippen LogP contribution < -0.4 is 5.32 Å². The second-order valence-corrected chi connectivity index (χ2v) is 6.26. The highest BCUT2D eigenvalue weighted by molar-refractivity contribution is 5.26. The summed E-state index contributed by atoms with van der Waals surface area (Å²) < 4.78 is 37.7. The Morgan fingerprint density at radius 2 is 1.83 bits per heavy atom. The largest absolute Gasteiger partial charge is 0.416 e. The molecule has 1 aromatic carbocycles. The third-order valence-corrected chi connectivity index (χ3v) is 4.57. The molecule has 0 bridgehead atoms. The van der Waals surface area contributed by atoms with Crippen LogP contribution in [0.5, 0.6) is 0 Å². The molecule has 0 radical (unpaired) electrons. The maximum absolute atomic E-state index is 12.6. The molecule has 2 rings (SSSR count). The second-order valence-electron chi connectivity index (χ2n) is 6.26. The summed E-state index contributed by atoms with van der Waals surface area (Å²) >= 11 is 0. The van der Waals surface area contributed by atoms with Crippen molar-refractivity contribution in [2.45, 2.75) is 32.0 Å². The normalized spacial score (nSPS) is 19.0. The van der Waals surface area contributed by atoms with E-state index < -0.39 is 11.7 Å². The highest BCUT2D eigenvalue weighted by atomic mass is 19.4. The van der Waals surface area contributed by atoms with Gasteiger partial charge in [0.15, 0.2) is 0 Å². The highest BCUT2D eigenvalue weighted by Crippen LogP contribution is 2.30. The lowest BCUT2D eigenvalue weighted by atomic mass is 9.96. The van der Waals surface area contributed by atoms with Gasteiger partial charge in [0.2, 0.25) is 0 Å². The molecule has 0 aliphatic carbocycles. The van der Waals surface area contributed by atoms with E-state index in [2.05, 4.69) is 10.2 Å². The van der Waals surface area contributed by atoms with Gasteiger partial charge in [-0.2, -0.15) is 13.2 Å². The van der Waals surface area contributed by atoms with Crippen LogP contribution in [-0.2, 0) is 6.18 Å². The third kappa shape index (κ3) is 5.48. The first kappa shape index (κ1) is 18.2. The summed E-state index contributed by atoms with van der Waals surface area (Å²) in [5.74, 6) is 0.585. The van der Waals surface area contributed by atoms with Crippen LogP contribution in [-0.4, -0.2) is 42.8 Å². The number of β-amino-alcohol motifs (C(OH)–C–C–N with tert-alkyl or cyclic N) is 1. The molecule has 1 aliphatic rings. The average Bonchev–Trinajstić information content (AvgIpc) is 2.53. The van der Waals surface area contributed by atoms with Gasteiger partial charge in [0.25, 0.3) is 0 Å². The van der Waals surface area contributed by atoms with E-state index in [1.165, 1.54) is 0 Å². The Morgan fingerprint density at radius 3 is 2.35 bits per heavy atom. The number of aliphatic hydroxyl groups is 1. The van der Waals surface area contributed by atoms with Crippen molar-refractivity contribution in [3.05, 3.63) is 35.4 Å². The summed E-state index contributed by atoms with van der Waals surface area (Å²) in [4.78, 5) is 2.26. The molecule has 1 aromatic rings. The van der Waals surface area contributed by atoms with E-state index in [-0.39, 0.29) is 12.6 Å². The van der Waals surface area contributed by atoms with Gasteiger partial charge in [-0.15, -0.1) is 0 Å². The zero-order chi connectivity index (χ0) is 16.9. The number of rotatable bonds is 6. The number of nitrogens with one attached hydrogen (secondary N) is 1. The van der Waals surface area contributed by atoms with Crippen LogP contribution in [0.25, 0.3) is 0 Å². The van der Waals surface area contributed by atoms with Crippen molar-refractivity contribution in [1.29, 1.82) is 0 Å². The molecule has 6 heteroatoms. The van der Waals surface area contributed by atoms with Crippen LogP contribution in [0.1, 0.15) is 36.9 Å². The second kappa shape index (κ2) is 8.13. The standard InChI is InChI=1S/C17H25F3N2O/c1-13(15-2-4-16(5-3-15)17(18,19)20)21-12-14-6-8-22(9-7-14)10-11-23/h2-5,13-14,21,23H,6-12H2,1H3. The summed E-state index contributed by atoms with van der Waals surface area (Å²) in [6, 6.07) is 5.41. The Kier molecular flexibility index (Phi) is 6.44. The van der Waals surface area contributed by atoms with Crippen LogP contribution in [0.3, 0.4) is 0 Å². The Morgan fingerprint density at radius 1 is 1.22 bits per heavy atom. The smallest absolute Gasteiger partial charge is 0.395 e. The fraction of sp³-hybridized carbons (Fsp3) is 0.647. The monoisotopic (exact) mass is 330 g/mol. The first-order valence-electron chi connectivity index (χ1n) is 8.14. The van der Waals surface area contributed by atoms with Crippen molar-refractivity contribution in [3.8, 4) is 0 Å². The van der Waals surface area contributed by atoms with Gasteiger partial charge in [-0.1, -0.05) is 12.1 Å². The lowest BCUT2D eigenvalue weighted by Gasteiger charge is -2.32. The molecule has 2 N–H and O–H groups in total. The third-order valence-electron chi connectivity index (χ3n) is 4.57. The van der Waals surface area contributed by atoms with Crippen LogP contribution in [0.2, 0.25) is 0 Å². The summed E-state index contributed by atoms with van der Waals surface area (Å²) in [5.41, 5.74) is 0.264. The quantitative estimate of drug-likeness (QED) is 0.841. The van der Waals surface area contributed by atoms with Gasteiger partial charge in [-0.05, 0) is 63.0 Å². The Hall–Kier alpha value is -1.11. The van der Waals surface area contributed by atoms with E-state index in [1.807, 2.05) is 6.92 Å². The van der Waals surface area contributed by atoms with Crippen molar-refractivity contribution in [2.24, 2.45) is 5.92 Å². The molecule has 1 aliphatic heterocycles. The van der Waals surface area contributed by atoms with E-state index in [0.717, 1.165) is 56.7 Å². The van der Waals surface area contributed by atoms with Crippen LogP contribution in [0.15, 0.2) is 24.3 Å². The number of piperidine rings is 1. The number of aliphatic hydroxyl groups excluding tert-OH is 1. The Bertz CT molecular complexity index is 468. The molecule has 1 unspecified atom stereocenters. The van der Waals surface area contributed by atoms with E-state index >= 15 is 0 Å². The average molecular weight is 330 g/mol. The zero-order valence-corrected chi connectivity index (χ0v) is 13.4. The van der Waals surface area contributed by atoms with E-state index in [0.29, 0.717) is 5.92 Å². The van der Waals surface area contributed by atoms with E-state index in [4.69, 9.17) is 5.11 Å². The maximum atomic E-state index is 12.6. The number of hydrogen-bond donors (Lipinski definition) is 2. The van der Waals surface area contributed by atoms with Gasteiger partial charge >= 0.3 is 6.18 Å². The van der Waals surface area contributed by atoms with Crippen LogP contribution in [0, 0.1) is 5.92 Å². The molecule has 0 amide bonds. The van der Waals surface area contributed by atoms with Crippen molar-refractivity contribution in [3.63, 3.8) is 0 Å².